The summed E-state index contributed by atoms with van der Waals surface area (Å²) < 4.78 is 5.48. The van der Waals surface area contributed by atoms with E-state index in [2.05, 4.69) is 55.6 Å². The fourth-order valence-electron chi connectivity index (χ4n) is 11.4. The molecular weight excluding hydrogens is 983 g/mol. The second-order valence-corrected chi connectivity index (χ2v) is 24.9. The molecule has 0 saturated heterocycles. The van der Waals surface area contributed by atoms with Crippen molar-refractivity contribution < 1.29 is 24.5 Å². The molecule has 0 aromatic heterocycles. The summed E-state index contributed by atoms with van der Waals surface area (Å²) >= 11 is 0. The number of hydrogen-bond donors (Lipinski definition) is 3. The summed E-state index contributed by atoms with van der Waals surface area (Å²) in [5, 5.41) is 23.4. The lowest BCUT2D eigenvalue weighted by Crippen LogP contribution is -2.45. The minimum Gasteiger partial charge on any atom is -0.466 e. The zero-order valence-electron chi connectivity index (χ0n) is 54.1. The van der Waals surface area contributed by atoms with E-state index in [0.29, 0.717) is 25.9 Å². The normalized spacial score (nSPS) is 12.7. The van der Waals surface area contributed by atoms with E-state index in [-0.39, 0.29) is 18.5 Å². The van der Waals surface area contributed by atoms with Crippen molar-refractivity contribution in [1.82, 2.24) is 5.32 Å². The molecule has 0 aliphatic rings. The molecule has 0 aliphatic heterocycles. The van der Waals surface area contributed by atoms with Crippen LogP contribution >= 0.6 is 0 Å². The lowest BCUT2D eigenvalue weighted by Gasteiger charge is -2.22. The first-order valence-corrected chi connectivity index (χ1v) is 36.2. The average molecular weight is 1120 g/mol. The molecule has 0 bridgehead atoms. The van der Waals surface area contributed by atoms with Crippen LogP contribution < -0.4 is 5.32 Å². The van der Waals surface area contributed by atoms with Gasteiger partial charge < -0.3 is 20.3 Å². The zero-order valence-corrected chi connectivity index (χ0v) is 54.1. The van der Waals surface area contributed by atoms with Gasteiger partial charge in [-0.05, 0) is 77.0 Å². The van der Waals surface area contributed by atoms with Crippen LogP contribution in [0.25, 0.3) is 0 Å². The van der Waals surface area contributed by atoms with E-state index in [9.17, 15) is 19.8 Å². The lowest BCUT2D eigenvalue weighted by molar-refractivity contribution is -0.143. The number of aliphatic hydroxyl groups excluding tert-OH is 2. The summed E-state index contributed by atoms with van der Waals surface area (Å²) in [6.07, 6.45) is 89.1. The molecule has 0 saturated carbocycles. The summed E-state index contributed by atoms with van der Waals surface area (Å²) in [6, 6.07) is -0.543. The molecule has 80 heavy (non-hydrogen) atoms. The van der Waals surface area contributed by atoms with Crippen molar-refractivity contribution in [2.24, 2.45) is 0 Å². The number of aliphatic hydroxyl groups is 2. The van der Waals surface area contributed by atoms with Crippen LogP contribution in [0.4, 0.5) is 0 Å². The molecule has 0 radical (unpaired) electrons. The lowest BCUT2D eigenvalue weighted by atomic mass is 10.0. The number of carbonyl (C=O) groups excluding carboxylic acids is 2. The topological polar surface area (TPSA) is 95.9 Å². The first-order chi connectivity index (χ1) is 39.5. The summed E-state index contributed by atoms with van der Waals surface area (Å²) in [4.78, 5) is 24.6. The van der Waals surface area contributed by atoms with Gasteiger partial charge in [0, 0.05) is 12.8 Å². The van der Waals surface area contributed by atoms with Crippen molar-refractivity contribution in [2.45, 2.75) is 411 Å². The standard InChI is InChI=1S/C74H141NO5/c1-3-5-7-9-11-13-15-17-19-20-21-30-33-36-39-42-46-50-54-58-62-66-72(77)71(70-76)75-73(78)67-63-59-55-51-47-43-40-37-34-31-28-26-24-22-23-25-27-29-32-35-38-41-45-49-53-57-61-65-69-80-74(79)68-64-60-56-52-48-44-18-16-14-12-10-8-6-4-2/h10,12,16,18,22-23,71-72,76-77H,3-9,11,13-15,17,19-21,24-70H2,1-2H3,(H,75,78)/b12-10-,18-16-,23-22-. The van der Waals surface area contributed by atoms with Crippen molar-refractivity contribution in [1.29, 1.82) is 0 Å². The maximum absolute atomic E-state index is 12.6. The summed E-state index contributed by atoms with van der Waals surface area (Å²) in [7, 11) is 0. The van der Waals surface area contributed by atoms with Crippen LogP contribution in [0.3, 0.4) is 0 Å². The number of ether oxygens (including phenoxy) is 1. The van der Waals surface area contributed by atoms with Crippen LogP contribution in [0.2, 0.25) is 0 Å². The number of unbranched alkanes of at least 4 members (excludes halogenated alkanes) is 51. The van der Waals surface area contributed by atoms with Gasteiger partial charge in [0.05, 0.1) is 25.4 Å². The number of esters is 1. The Morgan fingerprint density at radius 2 is 0.637 bits per heavy atom. The van der Waals surface area contributed by atoms with Gasteiger partial charge in [-0.25, -0.2) is 0 Å². The van der Waals surface area contributed by atoms with Gasteiger partial charge in [0.25, 0.3) is 0 Å². The van der Waals surface area contributed by atoms with E-state index in [1.165, 1.54) is 315 Å². The molecule has 0 heterocycles. The van der Waals surface area contributed by atoms with Crippen molar-refractivity contribution in [2.75, 3.05) is 13.2 Å². The highest BCUT2D eigenvalue weighted by Crippen LogP contribution is 2.19. The maximum atomic E-state index is 12.6. The van der Waals surface area contributed by atoms with Crippen molar-refractivity contribution in [3.05, 3.63) is 36.5 Å². The van der Waals surface area contributed by atoms with Crippen LogP contribution in [-0.4, -0.2) is 47.4 Å². The van der Waals surface area contributed by atoms with E-state index >= 15 is 0 Å². The Balaban J connectivity index is 3.38. The largest absolute Gasteiger partial charge is 0.466 e. The molecule has 3 N–H and O–H groups in total. The molecule has 1 amide bonds. The molecule has 0 spiro atoms. The Morgan fingerprint density at radius 1 is 0.350 bits per heavy atom. The Bertz CT molecular complexity index is 1300. The van der Waals surface area contributed by atoms with Crippen molar-refractivity contribution in [3.63, 3.8) is 0 Å². The van der Waals surface area contributed by atoms with Crippen LogP contribution in [0, 0.1) is 0 Å². The van der Waals surface area contributed by atoms with Crippen molar-refractivity contribution >= 4 is 11.9 Å². The molecule has 2 unspecified atom stereocenters. The smallest absolute Gasteiger partial charge is 0.305 e. The molecule has 2 atom stereocenters. The molecule has 472 valence electrons. The van der Waals surface area contributed by atoms with Crippen molar-refractivity contribution in [3.8, 4) is 0 Å². The number of nitrogens with one attached hydrogen (secondary N) is 1. The van der Waals surface area contributed by atoms with Gasteiger partial charge in [0.2, 0.25) is 5.91 Å². The first-order valence-electron chi connectivity index (χ1n) is 36.2. The highest BCUT2D eigenvalue weighted by Gasteiger charge is 2.20. The van der Waals surface area contributed by atoms with E-state index in [4.69, 9.17) is 4.74 Å². The molecule has 0 rings (SSSR count). The van der Waals surface area contributed by atoms with Crippen LogP contribution in [0.1, 0.15) is 399 Å². The maximum Gasteiger partial charge on any atom is 0.305 e. The minimum atomic E-state index is -0.666. The van der Waals surface area contributed by atoms with Gasteiger partial charge in [0.1, 0.15) is 0 Å². The van der Waals surface area contributed by atoms with Crippen LogP contribution in [0.15, 0.2) is 36.5 Å². The Morgan fingerprint density at radius 3 is 1.00 bits per heavy atom. The van der Waals surface area contributed by atoms with Gasteiger partial charge in [-0.2, -0.15) is 0 Å². The van der Waals surface area contributed by atoms with E-state index in [1.807, 2.05) is 0 Å². The van der Waals surface area contributed by atoms with Gasteiger partial charge in [-0.3, -0.25) is 9.59 Å². The predicted octanol–water partition coefficient (Wildman–Crippen LogP) is 23.5. The summed E-state index contributed by atoms with van der Waals surface area (Å²) in [6.45, 7) is 4.94. The Labute approximate surface area is 500 Å². The highest BCUT2D eigenvalue weighted by molar-refractivity contribution is 5.76. The molecule has 0 aromatic carbocycles. The predicted molar refractivity (Wildman–Crippen MR) is 352 cm³/mol. The molecule has 6 nitrogen and oxygen atoms in total. The molecule has 0 fully saturated rings. The Kier molecular flexibility index (Phi) is 67.9. The fourth-order valence-corrected chi connectivity index (χ4v) is 11.4. The van der Waals surface area contributed by atoms with Gasteiger partial charge in [-0.1, -0.05) is 346 Å². The molecular formula is C74H141NO5. The average Bonchev–Trinajstić information content (AvgIpc) is 3.46. The quantitative estimate of drug-likeness (QED) is 0.0320. The fraction of sp³-hybridized carbons (Fsp3) is 0.892. The minimum absolute atomic E-state index is 0.00167. The second-order valence-electron chi connectivity index (χ2n) is 24.9. The van der Waals surface area contributed by atoms with Crippen LogP contribution in [0.5, 0.6) is 0 Å². The number of carbonyl (C=O) groups is 2. The third-order valence-electron chi connectivity index (χ3n) is 16.9. The molecule has 0 aliphatic carbocycles. The number of amides is 1. The third-order valence-corrected chi connectivity index (χ3v) is 16.9. The SMILES string of the molecule is CCCC/C=C\C/C=C\CCCCCCCC(=O)OCCCCCCCCCCCCCC/C=C\CCCCCCCCCCCCCCC(=O)NC(CO)C(O)CCCCCCCCCCCCCCCCCCCCCCC. The number of rotatable bonds is 68. The molecule has 0 aromatic rings. The number of hydrogen-bond acceptors (Lipinski definition) is 5. The first kappa shape index (κ1) is 78.1. The monoisotopic (exact) mass is 1120 g/mol. The van der Waals surface area contributed by atoms with Gasteiger partial charge in [0.15, 0.2) is 0 Å². The van der Waals surface area contributed by atoms with Gasteiger partial charge in [-0.15, -0.1) is 0 Å². The van der Waals surface area contributed by atoms with Gasteiger partial charge >= 0.3 is 5.97 Å². The summed E-state index contributed by atoms with van der Waals surface area (Å²) in [5.41, 5.74) is 0. The highest BCUT2D eigenvalue weighted by atomic mass is 16.5. The molecule has 6 heteroatoms. The second kappa shape index (κ2) is 69.6. The van der Waals surface area contributed by atoms with E-state index in [0.717, 1.165) is 51.4 Å². The Hall–Kier alpha value is -1.92. The van der Waals surface area contributed by atoms with E-state index in [1.54, 1.807) is 0 Å². The van der Waals surface area contributed by atoms with E-state index < -0.39 is 12.1 Å². The van der Waals surface area contributed by atoms with Crippen LogP contribution in [-0.2, 0) is 14.3 Å². The summed E-state index contributed by atoms with van der Waals surface area (Å²) in [5.74, 6) is -0.0291. The zero-order chi connectivity index (χ0) is 57.8. The third kappa shape index (κ3) is 65.2. The number of allylic oxidation sites excluding steroid dienone is 6.